The van der Waals surface area contributed by atoms with Gasteiger partial charge in [-0.25, -0.2) is 4.39 Å². The lowest BCUT2D eigenvalue weighted by atomic mass is 10.1. The number of hydrogen-bond acceptors (Lipinski definition) is 3. The van der Waals surface area contributed by atoms with Crippen molar-refractivity contribution in [3.63, 3.8) is 0 Å². The van der Waals surface area contributed by atoms with E-state index in [1.54, 1.807) is 24.5 Å². The Kier molecular flexibility index (Phi) is 6.40. The van der Waals surface area contributed by atoms with E-state index in [1.807, 2.05) is 37.3 Å². The SMILES string of the molecule is CC(NC(=O)/C=C/c1ccc(Cl)cc1F)c1cccc(Oc2cccnc2)c1. The largest absolute Gasteiger partial charge is 0.456 e. The maximum Gasteiger partial charge on any atom is 0.244 e. The van der Waals surface area contributed by atoms with Crippen LogP contribution in [0.4, 0.5) is 4.39 Å². The van der Waals surface area contributed by atoms with E-state index in [4.69, 9.17) is 16.3 Å². The van der Waals surface area contributed by atoms with Crippen LogP contribution in [0.25, 0.3) is 6.08 Å². The third-order valence-corrected chi connectivity index (χ3v) is 4.20. The molecule has 1 atom stereocenters. The number of carbonyl (C=O) groups excluding carboxylic acids is 1. The van der Waals surface area contributed by atoms with Crippen molar-refractivity contribution in [3.05, 3.63) is 95.0 Å². The molecule has 0 spiro atoms. The molecule has 0 aliphatic carbocycles. The van der Waals surface area contributed by atoms with E-state index >= 15 is 0 Å². The van der Waals surface area contributed by atoms with Crippen molar-refractivity contribution in [1.29, 1.82) is 0 Å². The summed E-state index contributed by atoms with van der Waals surface area (Å²) in [5, 5.41) is 3.15. The zero-order valence-electron chi connectivity index (χ0n) is 15.1. The summed E-state index contributed by atoms with van der Waals surface area (Å²) in [5.41, 5.74) is 1.17. The molecular weight excluding hydrogens is 379 g/mol. The molecular formula is C22H18ClFN2O2. The molecule has 1 aromatic heterocycles. The Bertz CT molecular complexity index is 993. The summed E-state index contributed by atoms with van der Waals surface area (Å²) >= 11 is 5.72. The number of pyridine rings is 1. The number of ether oxygens (including phenoxy) is 1. The lowest BCUT2D eigenvalue weighted by molar-refractivity contribution is -0.117. The molecule has 1 unspecified atom stereocenters. The van der Waals surface area contributed by atoms with Gasteiger partial charge in [-0.1, -0.05) is 29.8 Å². The average molecular weight is 397 g/mol. The lowest BCUT2D eigenvalue weighted by Crippen LogP contribution is -2.24. The molecule has 0 fully saturated rings. The first-order valence-electron chi connectivity index (χ1n) is 8.63. The lowest BCUT2D eigenvalue weighted by Gasteiger charge is -2.14. The highest BCUT2D eigenvalue weighted by atomic mass is 35.5. The van der Waals surface area contributed by atoms with E-state index in [1.165, 1.54) is 24.3 Å². The molecule has 0 saturated carbocycles. The van der Waals surface area contributed by atoms with Gasteiger partial charge in [-0.3, -0.25) is 9.78 Å². The van der Waals surface area contributed by atoms with E-state index in [0.717, 1.165) is 5.56 Å². The van der Waals surface area contributed by atoms with Crippen molar-refractivity contribution in [2.45, 2.75) is 13.0 Å². The summed E-state index contributed by atoms with van der Waals surface area (Å²) in [6.07, 6.45) is 6.00. The van der Waals surface area contributed by atoms with Crippen LogP contribution >= 0.6 is 11.6 Å². The number of carbonyl (C=O) groups is 1. The highest BCUT2D eigenvalue weighted by Crippen LogP contribution is 2.24. The van der Waals surface area contributed by atoms with Crippen LogP contribution in [0.1, 0.15) is 24.1 Å². The third kappa shape index (κ3) is 5.41. The Labute approximate surface area is 167 Å². The van der Waals surface area contributed by atoms with Gasteiger partial charge in [0.1, 0.15) is 17.3 Å². The minimum atomic E-state index is -0.482. The molecule has 0 saturated heterocycles. The number of nitrogens with zero attached hydrogens (tertiary/aromatic N) is 1. The second kappa shape index (κ2) is 9.15. The summed E-state index contributed by atoms with van der Waals surface area (Å²) in [4.78, 5) is 16.2. The van der Waals surface area contributed by atoms with Crippen molar-refractivity contribution in [2.24, 2.45) is 0 Å². The van der Waals surface area contributed by atoms with Gasteiger partial charge in [0.05, 0.1) is 12.2 Å². The normalized spacial score (nSPS) is 12.0. The van der Waals surface area contributed by atoms with Crippen molar-refractivity contribution >= 4 is 23.6 Å². The quantitative estimate of drug-likeness (QED) is 0.555. The molecule has 0 aliphatic rings. The predicted octanol–water partition coefficient (Wildman–Crippen LogP) is 5.56. The highest BCUT2D eigenvalue weighted by Gasteiger charge is 2.09. The maximum absolute atomic E-state index is 13.8. The van der Waals surface area contributed by atoms with Gasteiger partial charge in [0.25, 0.3) is 0 Å². The standard InChI is InChI=1S/C22H18ClFN2O2/c1-15(26-22(27)10-8-16-7-9-18(23)13-21(16)24)17-4-2-5-19(12-17)28-20-6-3-11-25-14-20/h2-15H,1H3,(H,26,27)/b10-8+. The minimum absolute atomic E-state index is 0.260. The fourth-order valence-corrected chi connectivity index (χ4v) is 2.70. The number of halogens is 2. The van der Waals surface area contributed by atoms with Gasteiger partial charge in [-0.05, 0) is 55.0 Å². The number of nitrogens with one attached hydrogen (secondary N) is 1. The third-order valence-electron chi connectivity index (χ3n) is 3.96. The molecule has 0 radical (unpaired) electrons. The first-order chi connectivity index (χ1) is 13.5. The van der Waals surface area contributed by atoms with Crippen LogP contribution in [0.15, 0.2) is 73.1 Å². The van der Waals surface area contributed by atoms with Gasteiger partial charge in [-0.15, -0.1) is 0 Å². The Balaban J connectivity index is 1.63. The fourth-order valence-electron chi connectivity index (χ4n) is 2.54. The van der Waals surface area contributed by atoms with Crippen molar-refractivity contribution in [1.82, 2.24) is 10.3 Å². The minimum Gasteiger partial charge on any atom is -0.456 e. The molecule has 3 rings (SSSR count). The second-order valence-corrected chi connectivity index (χ2v) is 6.53. The van der Waals surface area contributed by atoms with E-state index in [9.17, 15) is 9.18 Å². The molecule has 0 bridgehead atoms. The Morgan fingerprint density at radius 3 is 2.75 bits per heavy atom. The summed E-state index contributed by atoms with van der Waals surface area (Å²) in [6.45, 7) is 1.86. The summed E-state index contributed by atoms with van der Waals surface area (Å²) in [7, 11) is 0. The molecule has 1 heterocycles. The van der Waals surface area contributed by atoms with Crippen LogP contribution in [0.2, 0.25) is 5.02 Å². The number of amides is 1. The van der Waals surface area contributed by atoms with Gasteiger partial charge in [0.2, 0.25) is 5.91 Å². The number of aromatic nitrogens is 1. The monoisotopic (exact) mass is 396 g/mol. The molecule has 28 heavy (non-hydrogen) atoms. The van der Waals surface area contributed by atoms with Gasteiger partial charge >= 0.3 is 0 Å². The molecule has 142 valence electrons. The molecule has 4 nitrogen and oxygen atoms in total. The highest BCUT2D eigenvalue weighted by molar-refractivity contribution is 6.30. The van der Waals surface area contributed by atoms with Crippen molar-refractivity contribution in [2.75, 3.05) is 0 Å². The maximum atomic E-state index is 13.8. The topological polar surface area (TPSA) is 51.2 Å². The van der Waals surface area contributed by atoms with Crippen LogP contribution < -0.4 is 10.1 Å². The fraction of sp³-hybridized carbons (Fsp3) is 0.0909. The van der Waals surface area contributed by atoms with Crippen molar-refractivity contribution in [3.8, 4) is 11.5 Å². The molecule has 3 aromatic rings. The molecule has 2 aromatic carbocycles. The van der Waals surface area contributed by atoms with E-state index < -0.39 is 5.82 Å². The zero-order chi connectivity index (χ0) is 19.9. The number of hydrogen-bond donors (Lipinski definition) is 1. The molecule has 6 heteroatoms. The van der Waals surface area contributed by atoms with Crippen LogP contribution in [-0.4, -0.2) is 10.9 Å². The van der Waals surface area contributed by atoms with E-state index in [-0.39, 0.29) is 11.9 Å². The van der Waals surface area contributed by atoms with Gasteiger partial charge in [0.15, 0.2) is 0 Å². The molecule has 0 aliphatic heterocycles. The first-order valence-corrected chi connectivity index (χ1v) is 9.00. The van der Waals surface area contributed by atoms with Gasteiger partial charge in [0, 0.05) is 22.9 Å². The van der Waals surface area contributed by atoms with Gasteiger partial charge in [-0.2, -0.15) is 0 Å². The number of rotatable bonds is 6. The summed E-state index contributed by atoms with van der Waals surface area (Å²) < 4.78 is 19.5. The van der Waals surface area contributed by atoms with Gasteiger partial charge < -0.3 is 10.1 Å². The van der Waals surface area contributed by atoms with Crippen molar-refractivity contribution < 1.29 is 13.9 Å². The summed E-state index contributed by atoms with van der Waals surface area (Å²) in [6, 6.07) is 15.0. The molecule has 1 amide bonds. The van der Waals surface area contributed by atoms with E-state index in [2.05, 4.69) is 10.3 Å². The zero-order valence-corrected chi connectivity index (χ0v) is 15.9. The Morgan fingerprint density at radius 1 is 1.18 bits per heavy atom. The number of benzene rings is 2. The average Bonchev–Trinajstić information content (AvgIpc) is 2.68. The second-order valence-electron chi connectivity index (χ2n) is 6.09. The first kappa shape index (κ1) is 19.6. The smallest absolute Gasteiger partial charge is 0.244 e. The van der Waals surface area contributed by atoms with E-state index in [0.29, 0.717) is 22.1 Å². The molecule has 1 N–H and O–H groups in total. The van der Waals surface area contributed by atoms with Crippen LogP contribution in [0, 0.1) is 5.82 Å². The Morgan fingerprint density at radius 2 is 2.00 bits per heavy atom. The van der Waals surface area contributed by atoms with Crippen LogP contribution in [-0.2, 0) is 4.79 Å². The summed E-state index contributed by atoms with van der Waals surface area (Å²) in [5.74, 6) is 0.458. The van der Waals surface area contributed by atoms with Crippen LogP contribution in [0.5, 0.6) is 11.5 Å². The van der Waals surface area contributed by atoms with Crippen LogP contribution in [0.3, 0.4) is 0 Å². The predicted molar refractivity (Wildman–Crippen MR) is 108 cm³/mol. The Hall–Kier alpha value is -3.18.